The molecule has 2 rings (SSSR count). The van der Waals surface area contributed by atoms with Gasteiger partial charge in [0.2, 0.25) is 5.91 Å². The zero-order valence-electron chi connectivity index (χ0n) is 19.6. The Morgan fingerprint density at radius 3 is 1.94 bits per heavy atom. The zero-order chi connectivity index (χ0) is 22.2. The van der Waals surface area contributed by atoms with Crippen molar-refractivity contribution >= 4 is 17.6 Å². The van der Waals surface area contributed by atoms with Gasteiger partial charge in [-0.1, -0.05) is 77.6 Å². The summed E-state index contributed by atoms with van der Waals surface area (Å²) in [6, 6.07) is 7.11. The largest absolute Gasteiger partial charge is 0.459 e. The highest BCUT2D eigenvalue weighted by Crippen LogP contribution is 2.20. The van der Waals surface area contributed by atoms with Gasteiger partial charge in [-0.3, -0.25) is 4.79 Å². The first-order valence-electron chi connectivity index (χ1n) is 12.8. The fourth-order valence-corrected chi connectivity index (χ4v) is 4.27. The number of benzene rings is 1. The van der Waals surface area contributed by atoms with Gasteiger partial charge in [0, 0.05) is 12.1 Å². The number of ether oxygens (including phenoxy) is 1. The van der Waals surface area contributed by atoms with E-state index in [9.17, 15) is 9.59 Å². The number of esters is 1. The average Bonchev–Trinajstić information content (AvgIpc) is 2.76. The van der Waals surface area contributed by atoms with Crippen molar-refractivity contribution in [1.82, 2.24) is 0 Å². The molecule has 0 spiro atoms. The summed E-state index contributed by atoms with van der Waals surface area (Å²) in [5, 5.41) is 2.93. The second-order valence-corrected chi connectivity index (χ2v) is 9.08. The van der Waals surface area contributed by atoms with Crippen molar-refractivity contribution in [3.8, 4) is 0 Å². The summed E-state index contributed by atoms with van der Waals surface area (Å²) < 4.78 is 5.86. The molecule has 1 N–H and O–H groups in total. The molecule has 1 amide bonds. The van der Waals surface area contributed by atoms with Gasteiger partial charge in [0.05, 0.1) is 5.56 Å². The Balaban J connectivity index is 1.76. The van der Waals surface area contributed by atoms with Crippen molar-refractivity contribution < 1.29 is 14.3 Å². The molecule has 1 aliphatic carbocycles. The molecule has 4 heteroatoms. The predicted octanol–water partition coefficient (Wildman–Crippen LogP) is 7.82. The zero-order valence-corrected chi connectivity index (χ0v) is 19.6. The molecular formula is C27H43NO3. The molecule has 0 aromatic heterocycles. The number of anilines is 1. The summed E-state index contributed by atoms with van der Waals surface area (Å²) in [5.74, 6) is -0.203. The van der Waals surface area contributed by atoms with Crippen LogP contribution in [0.5, 0.6) is 0 Å². The molecular weight excluding hydrogens is 386 g/mol. The van der Waals surface area contributed by atoms with E-state index >= 15 is 0 Å². The van der Waals surface area contributed by atoms with Crippen molar-refractivity contribution in [1.29, 1.82) is 0 Å². The molecule has 0 aliphatic heterocycles. The van der Waals surface area contributed by atoms with Crippen molar-refractivity contribution in [2.75, 3.05) is 5.32 Å². The molecule has 0 unspecified atom stereocenters. The maximum absolute atomic E-state index is 12.6. The van der Waals surface area contributed by atoms with Crippen molar-refractivity contribution in [2.45, 2.75) is 122 Å². The molecule has 0 heterocycles. The Bertz CT molecular complexity index is 614. The van der Waals surface area contributed by atoms with Crippen LogP contribution < -0.4 is 5.32 Å². The molecule has 0 atom stereocenters. The first-order chi connectivity index (χ1) is 15.2. The van der Waals surface area contributed by atoms with E-state index in [1.807, 2.05) is 0 Å². The number of hydrogen-bond acceptors (Lipinski definition) is 3. The van der Waals surface area contributed by atoms with E-state index in [1.165, 1.54) is 64.2 Å². The average molecular weight is 430 g/mol. The maximum Gasteiger partial charge on any atom is 0.338 e. The van der Waals surface area contributed by atoms with Crippen LogP contribution in [0.3, 0.4) is 0 Å². The first kappa shape index (κ1) is 25.4. The normalized spacial score (nSPS) is 16.7. The fourth-order valence-electron chi connectivity index (χ4n) is 4.27. The summed E-state index contributed by atoms with van der Waals surface area (Å²) in [7, 11) is 0. The minimum atomic E-state index is -0.245. The van der Waals surface area contributed by atoms with Gasteiger partial charge in [-0.2, -0.15) is 0 Å². The Morgan fingerprint density at radius 1 is 0.806 bits per heavy atom. The van der Waals surface area contributed by atoms with Crippen LogP contribution >= 0.6 is 0 Å². The SMILES string of the molecule is CCCCCCCC(=O)Nc1ccc(C(=O)OC2CCCCCCCCCCC2)cc1. The minimum Gasteiger partial charge on any atom is -0.459 e. The summed E-state index contributed by atoms with van der Waals surface area (Å²) in [5.41, 5.74) is 1.30. The molecule has 1 aliphatic rings. The monoisotopic (exact) mass is 429 g/mol. The third-order valence-corrected chi connectivity index (χ3v) is 6.24. The van der Waals surface area contributed by atoms with Crippen molar-refractivity contribution in [2.24, 2.45) is 0 Å². The number of carbonyl (C=O) groups excluding carboxylic acids is 2. The smallest absolute Gasteiger partial charge is 0.338 e. The third-order valence-electron chi connectivity index (χ3n) is 6.24. The predicted molar refractivity (Wildman–Crippen MR) is 128 cm³/mol. The van der Waals surface area contributed by atoms with Crippen LogP contribution in [0.25, 0.3) is 0 Å². The number of rotatable bonds is 9. The summed E-state index contributed by atoms with van der Waals surface area (Å²) in [6.07, 6.45) is 19.6. The second-order valence-electron chi connectivity index (χ2n) is 9.08. The molecule has 0 bridgehead atoms. The lowest BCUT2D eigenvalue weighted by Crippen LogP contribution is -2.19. The van der Waals surface area contributed by atoms with Crippen LogP contribution in [0.4, 0.5) is 5.69 Å². The van der Waals surface area contributed by atoms with Crippen LogP contribution in [0.2, 0.25) is 0 Å². The molecule has 1 saturated carbocycles. The van der Waals surface area contributed by atoms with Crippen molar-refractivity contribution in [3.63, 3.8) is 0 Å². The van der Waals surface area contributed by atoms with Gasteiger partial charge in [-0.25, -0.2) is 4.79 Å². The lowest BCUT2D eigenvalue weighted by Gasteiger charge is -2.19. The number of hydrogen-bond donors (Lipinski definition) is 1. The number of carbonyl (C=O) groups is 2. The standard InChI is InChI=1S/C27H43NO3/c1-2-3-4-10-15-18-26(29)28-24-21-19-23(20-22-24)27(30)31-25-16-13-11-8-6-5-7-9-12-14-17-25/h19-22,25H,2-18H2,1H3,(H,28,29). The van der Waals surface area contributed by atoms with E-state index in [0.717, 1.165) is 44.2 Å². The number of nitrogens with one attached hydrogen (secondary N) is 1. The molecule has 0 radical (unpaired) electrons. The molecule has 4 nitrogen and oxygen atoms in total. The van der Waals surface area contributed by atoms with Crippen molar-refractivity contribution in [3.05, 3.63) is 29.8 Å². The Labute approximate surface area is 189 Å². The Hall–Kier alpha value is -1.84. The molecule has 31 heavy (non-hydrogen) atoms. The van der Waals surface area contributed by atoms with E-state index in [2.05, 4.69) is 12.2 Å². The molecule has 0 saturated heterocycles. The second kappa shape index (κ2) is 15.9. The van der Waals surface area contributed by atoms with Gasteiger partial charge in [0.25, 0.3) is 0 Å². The van der Waals surface area contributed by atoms with E-state index in [1.54, 1.807) is 24.3 Å². The summed E-state index contributed by atoms with van der Waals surface area (Å²) >= 11 is 0. The minimum absolute atomic E-state index is 0.0269. The molecule has 1 aromatic rings. The summed E-state index contributed by atoms with van der Waals surface area (Å²) in [4.78, 5) is 24.7. The van der Waals surface area contributed by atoms with E-state index < -0.39 is 0 Å². The first-order valence-corrected chi connectivity index (χ1v) is 12.8. The quantitative estimate of drug-likeness (QED) is 0.321. The summed E-state index contributed by atoms with van der Waals surface area (Å²) in [6.45, 7) is 2.19. The van der Waals surface area contributed by atoms with Gasteiger partial charge < -0.3 is 10.1 Å². The van der Waals surface area contributed by atoms with Gasteiger partial charge >= 0.3 is 5.97 Å². The van der Waals surface area contributed by atoms with E-state index in [-0.39, 0.29) is 18.0 Å². The highest BCUT2D eigenvalue weighted by Gasteiger charge is 2.16. The third kappa shape index (κ3) is 11.4. The molecule has 1 aromatic carbocycles. The lowest BCUT2D eigenvalue weighted by molar-refractivity contribution is -0.116. The number of unbranched alkanes of at least 4 members (excludes halogenated alkanes) is 4. The van der Waals surface area contributed by atoms with Crippen LogP contribution in [-0.4, -0.2) is 18.0 Å². The molecule has 1 fully saturated rings. The van der Waals surface area contributed by atoms with Crippen LogP contribution in [-0.2, 0) is 9.53 Å². The van der Waals surface area contributed by atoms with Crippen LogP contribution in [0.15, 0.2) is 24.3 Å². The van der Waals surface area contributed by atoms with Crippen LogP contribution in [0, 0.1) is 0 Å². The Morgan fingerprint density at radius 2 is 1.35 bits per heavy atom. The highest BCUT2D eigenvalue weighted by atomic mass is 16.5. The van der Waals surface area contributed by atoms with Gasteiger partial charge in [0.1, 0.15) is 6.10 Å². The van der Waals surface area contributed by atoms with Gasteiger partial charge in [-0.15, -0.1) is 0 Å². The van der Waals surface area contributed by atoms with Gasteiger partial charge in [-0.05, 0) is 56.4 Å². The maximum atomic E-state index is 12.6. The highest BCUT2D eigenvalue weighted by molar-refractivity contribution is 5.93. The lowest BCUT2D eigenvalue weighted by atomic mass is 9.99. The van der Waals surface area contributed by atoms with E-state index in [0.29, 0.717) is 12.0 Å². The topological polar surface area (TPSA) is 55.4 Å². The van der Waals surface area contributed by atoms with Crippen LogP contribution in [0.1, 0.15) is 126 Å². The Kier molecular flexibility index (Phi) is 13.0. The molecule has 174 valence electrons. The number of amides is 1. The van der Waals surface area contributed by atoms with E-state index in [4.69, 9.17) is 4.74 Å². The van der Waals surface area contributed by atoms with Gasteiger partial charge in [0.15, 0.2) is 0 Å². The fraction of sp³-hybridized carbons (Fsp3) is 0.704.